The summed E-state index contributed by atoms with van der Waals surface area (Å²) in [5.41, 5.74) is 1.36. The number of pyridine rings is 1. The molecule has 0 aliphatic rings. The van der Waals surface area contributed by atoms with Crippen LogP contribution in [0.4, 0.5) is 0 Å². The molecule has 0 amide bonds. The summed E-state index contributed by atoms with van der Waals surface area (Å²) in [4.78, 5) is 39.3. The predicted molar refractivity (Wildman–Crippen MR) is 151 cm³/mol. The van der Waals surface area contributed by atoms with Gasteiger partial charge in [-0.25, -0.2) is 4.79 Å². The Bertz CT molecular complexity index is 1460. The summed E-state index contributed by atoms with van der Waals surface area (Å²) in [5.74, 6) is -0.108. The van der Waals surface area contributed by atoms with Crippen LogP contribution in [0.1, 0.15) is 68.6 Å². The summed E-state index contributed by atoms with van der Waals surface area (Å²) in [7, 11) is 1.47. The highest BCUT2D eigenvalue weighted by Crippen LogP contribution is 2.34. The summed E-state index contributed by atoms with van der Waals surface area (Å²) in [6, 6.07) is 14.3. The highest BCUT2D eigenvalue weighted by Gasteiger charge is 2.25. The van der Waals surface area contributed by atoms with Gasteiger partial charge in [-0.2, -0.15) is 5.26 Å². The van der Waals surface area contributed by atoms with Crippen LogP contribution < -0.4 is 10.3 Å². The van der Waals surface area contributed by atoms with Gasteiger partial charge in [-0.05, 0) is 69.0 Å². The molecule has 7 nitrogen and oxygen atoms in total. The van der Waals surface area contributed by atoms with E-state index in [-0.39, 0.29) is 18.1 Å². The lowest BCUT2D eigenvalue weighted by molar-refractivity contribution is -0.122. The Balaban J connectivity index is 1.95. The second-order valence-electron chi connectivity index (χ2n) is 10.8. The molecule has 0 bridgehead atoms. The first-order chi connectivity index (χ1) is 18.3. The van der Waals surface area contributed by atoms with Crippen molar-refractivity contribution in [1.29, 1.82) is 5.26 Å². The van der Waals surface area contributed by atoms with E-state index in [2.05, 4.69) is 6.07 Å². The number of hydrogen-bond acceptors (Lipinski definition) is 6. The third-order valence-corrected chi connectivity index (χ3v) is 6.26. The SMILES string of the molecule is COc1cn(C(CC(C)C)C(=O)Cc2ccc(C(=O)OC(C)(C)C)cc2)c(=O)cc1-c1cc(Cl)ccc1C#N. The van der Waals surface area contributed by atoms with Crippen molar-refractivity contribution >= 4 is 23.4 Å². The Morgan fingerprint density at radius 2 is 1.72 bits per heavy atom. The largest absolute Gasteiger partial charge is 0.495 e. The molecule has 0 aliphatic carbocycles. The Labute approximate surface area is 233 Å². The second-order valence-corrected chi connectivity index (χ2v) is 11.2. The molecule has 0 saturated heterocycles. The van der Waals surface area contributed by atoms with Crippen LogP contribution in [0.25, 0.3) is 11.1 Å². The van der Waals surface area contributed by atoms with Crippen LogP contribution in [0.15, 0.2) is 59.5 Å². The van der Waals surface area contributed by atoms with Crippen molar-refractivity contribution in [3.8, 4) is 22.9 Å². The maximum absolute atomic E-state index is 13.6. The minimum Gasteiger partial charge on any atom is -0.495 e. The molecule has 1 atom stereocenters. The van der Waals surface area contributed by atoms with Crippen molar-refractivity contribution in [1.82, 2.24) is 4.57 Å². The van der Waals surface area contributed by atoms with Crippen LogP contribution in [0, 0.1) is 17.2 Å². The zero-order valence-corrected chi connectivity index (χ0v) is 23.8. The van der Waals surface area contributed by atoms with Crippen LogP contribution in [0.2, 0.25) is 5.02 Å². The first-order valence-electron chi connectivity index (χ1n) is 12.7. The topological polar surface area (TPSA) is 98.4 Å². The molecule has 39 heavy (non-hydrogen) atoms. The Morgan fingerprint density at radius 3 is 2.28 bits per heavy atom. The van der Waals surface area contributed by atoms with E-state index >= 15 is 0 Å². The normalized spacial score (nSPS) is 12.1. The third-order valence-electron chi connectivity index (χ3n) is 6.03. The van der Waals surface area contributed by atoms with Crippen molar-refractivity contribution < 1.29 is 19.1 Å². The molecule has 0 N–H and O–H groups in total. The van der Waals surface area contributed by atoms with Crippen LogP contribution in [0.5, 0.6) is 5.75 Å². The van der Waals surface area contributed by atoms with Gasteiger partial charge in [0.2, 0.25) is 0 Å². The quantitative estimate of drug-likeness (QED) is 0.287. The summed E-state index contributed by atoms with van der Waals surface area (Å²) in [6.45, 7) is 9.37. The average Bonchev–Trinajstić information content (AvgIpc) is 2.86. The van der Waals surface area contributed by atoms with Crippen LogP contribution >= 0.6 is 11.6 Å². The fourth-order valence-corrected chi connectivity index (χ4v) is 4.42. The van der Waals surface area contributed by atoms with Crippen LogP contribution in [0.3, 0.4) is 0 Å². The lowest BCUT2D eigenvalue weighted by Crippen LogP contribution is -2.31. The minimum atomic E-state index is -0.735. The van der Waals surface area contributed by atoms with Gasteiger partial charge in [-0.15, -0.1) is 0 Å². The zero-order chi connectivity index (χ0) is 28.9. The molecule has 0 radical (unpaired) electrons. The molecule has 3 aromatic rings. The number of aromatic nitrogens is 1. The predicted octanol–water partition coefficient (Wildman–Crippen LogP) is 6.40. The molecule has 1 aromatic heterocycles. The number of ketones is 1. The summed E-state index contributed by atoms with van der Waals surface area (Å²) < 4.78 is 12.4. The Hall–Kier alpha value is -3.89. The van der Waals surface area contributed by atoms with E-state index < -0.39 is 23.2 Å². The number of carbonyl (C=O) groups excluding carboxylic acids is 2. The molecule has 204 valence electrons. The van der Waals surface area contributed by atoms with Gasteiger partial charge < -0.3 is 14.0 Å². The van der Waals surface area contributed by atoms with Crippen molar-refractivity contribution in [3.05, 3.63) is 86.8 Å². The fraction of sp³-hybridized carbons (Fsp3) is 0.355. The second kappa shape index (κ2) is 12.3. The number of nitrogens with zero attached hydrogens (tertiary/aromatic N) is 2. The maximum atomic E-state index is 13.6. The van der Waals surface area contributed by atoms with Crippen molar-refractivity contribution in [3.63, 3.8) is 0 Å². The number of hydrogen-bond donors (Lipinski definition) is 0. The lowest BCUT2D eigenvalue weighted by Gasteiger charge is -2.23. The maximum Gasteiger partial charge on any atom is 0.338 e. The van der Waals surface area contributed by atoms with Crippen molar-refractivity contribution in [2.45, 2.75) is 59.1 Å². The summed E-state index contributed by atoms with van der Waals surface area (Å²) in [5, 5.41) is 9.99. The standard InChI is InChI=1S/C31H33ClN2O5/c1-19(2)13-26(27(35)14-20-7-9-21(10-8-20)30(37)39-31(3,4)5)34-18-28(38-6)25(16-29(34)36)24-15-23(32)12-11-22(24)17-33/h7-12,15-16,18-19,26H,13-14H2,1-6H3. The van der Waals surface area contributed by atoms with Gasteiger partial charge in [0, 0.05) is 28.6 Å². The number of Topliss-reactive ketones (excluding diaryl/α,β-unsaturated/α-hetero) is 1. The van der Waals surface area contributed by atoms with Crippen molar-refractivity contribution in [2.24, 2.45) is 5.92 Å². The van der Waals surface area contributed by atoms with Gasteiger partial charge in [0.15, 0.2) is 5.78 Å². The number of ether oxygens (including phenoxy) is 2. The first-order valence-corrected chi connectivity index (χ1v) is 13.1. The van der Waals surface area contributed by atoms with E-state index in [1.54, 1.807) is 63.2 Å². The highest BCUT2D eigenvalue weighted by molar-refractivity contribution is 6.31. The van der Waals surface area contributed by atoms with E-state index in [1.807, 2.05) is 13.8 Å². The number of esters is 1. The number of benzene rings is 2. The molecule has 0 fully saturated rings. The average molecular weight is 549 g/mol. The third kappa shape index (κ3) is 7.58. The molecule has 8 heteroatoms. The smallest absolute Gasteiger partial charge is 0.338 e. The van der Waals surface area contributed by atoms with Gasteiger partial charge >= 0.3 is 5.97 Å². The van der Waals surface area contributed by atoms with Crippen LogP contribution in [-0.4, -0.2) is 29.0 Å². The number of nitriles is 1. The number of halogens is 1. The highest BCUT2D eigenvalue weighted by atomic mass is 35.5. The van der Waals surface area contributed by atoms with Gasteiger partial charge in [-0.3, -0.25) is 9.59 Å². The molecule has 2 aromatic carbocycles. The first kappa shape index (κ1) is 29.7. The fourth-order valence-electron chi connectivity index (χ4n) is 4.24. The lowest BCUT2D eigenvalue weighted by atomic mass is 9.95. The minimum absolute atomic E-state index is 0.0787. The molecule has 3 rings (SSSR count). The van der Waals surface area contributed by atoms with Crippen molar-refractivity contribution in [2.75, 3.05) is 7.11 Å². The number of carbonyl (C=O) groups is 2. The van der Waals surface area contributed by atoms with Gasteiger partial charge in [-0.1, -0.05) is 37.6 Å². The molecule has 1 unspecified atom stereocenters. The molecule has 0 saturated carbocycles. The molecular weight excluding hydrogens is 516 g/mol. The van der Waals surface area contributed by atoms with E-state index in [9.17, 15) is 19.6 Å². The summed E-state index contributed by atoms with van der Waals surface area (Å²) >= 11 is 6.17. The molecule has 0 aliphatic heterocycles. The summed E-state index contributed by atoms with van der Waals surface area (Å²) in [6.07, 6.45) is 2.05. The van der Waals surface area contributed by atoms with E-state index in [1.165, 1.54) is 23.9 Å². The van der Waals surface area contributed by atoms with Gasteiger partial charge in [0.05, 0.1) is 36.5 Å². The Kier molecular flexibility index (Phi) is 9.36. The number of rotatable bonds is 9. The number of methoxy groups -OCH3 is 1. The monoisotopic (exact) mass is 548 g/mol. The van der Waals surface area contributed by atoms with E-state index in [0.29, 0.717) is 39.4 Å². The van der Waals surface area contributed by atoms with E-state index in [0.717, 1.165) is 5.56 Å². The molecule has 0 spiro atoms. The van der Waals surface area contributed by atoms with Crippen LogP contribution in [-0.2, 0) is 16.0 Å². The van der Waals surface area contributed by atoms with E-state index in [4.69, 9.17) is 21.1 Å². The zero-order valence-electron chi connectivity index (χ0n) is 23.1. The Morgan fingerprint density at radius 1 is 1.05 bits per heavy atom. The van der Waals surface area contributed by atoms with Gasteiger partial charge in [0.1, 0.15) is 11.4 Å². The molecule has 1 heterocycles. The molecular formula is C31H33ClN2O5. The van der Waals surface area contributed by atoms with Gasteiger partial charge in [0.25, 0.3) is 5.56 Å².